The topological polar surface area (TPSA) is 55.1 Å². The first-order valence-electron chi connectivity index (χ1n) is 7.09. The minimum atomic E-state index is -0.407. The van der Waals surface area contributed by atoms with Crippen LogP contribution < -0.4 is 11.1 Å². The fourth-order valence-electron chi connectivity index (χ4n) is 2.29. The van der Waals surface area contributed by atoms with E-state index in [0.29, 0.717) is 18.9 Å². The Hall–Kier alpha value is -1.42. The van der Waals surface area contributed by atoms with Gasteiger partial charge in [0.15, 0.2) is 0 Å². The molecule has 112 valence electrons. The number of para-hydroxylation sites is 1. The maximum Gasteiger partial charge on any atom is 0.224 e. The molecule has 1 atom stereocenters. The lowest BCUT2D eigenvalue weighted by Crippen LogP contribution is -2.25. The van der Waals surface area contributed by atoms with Crippen LogP contribution in [-0.2, 0) is 4.79 Å². The number of hydrogen-bond donors (Lipinski definition) is 2. The first-order valence-corrected chi connectivity index (χ1v) is 7.09. The summed E-state index contributed by atoms with van der Waals surface area (Å²) < 4.78 is 13.4. The van der Waals surface area contributed by atoms with Crippen LogP contribution in [0.2, 0.25) is 0 Å². The molecule has 4 heteroatoms. The Kier molecular flexibility index (Phi) is 6.14. The molecule has 0 bridgehead atoms. The van der Waals surface area contributed by atoms with Gasteiger partial charge in [-0.25, -0.2) is 4.39 Å². The summed E-state index contributed by atoms with van der Waals surface area (Å²) in [7, 11) is 0. The molecule has 0 aliphatic heterocycles. The minimum Gasteiger partial charge on any atom is -0.330 e. The van der Waals surface area contributed by atoms with Crippen molar-refractivity contribution in [1.29, 1.82) is 0 Å². The standard InChI is InChI=1S/C16H25FN2O/c1-16(2,3)12(10-11-18)8-9-15(20)19-14-7-5-4-6-13(14)17/h4-7,12H,8-11,18H2,1-3H3,(H,19,20). The van der Waals surface area contributed by atoms with Crippen molar-refractivity contribution in [2.45, 2.75) is 40.0 Å². The molecule has 0 saturated heterocycles. The summed E-state index contributed by atoms with van der Waals surface area (Å²) in [6.07, 6.45) is 2.05. The number of halogens is 1. The van der Waals surface area contributed by atoms with Crippen molar-refractivity contribution < 1.29 is 9.18 Å². The van der Waals surface area contributed by atoms with E-state index in [-0.39, 0.29) is 17.0 Å². The van der Waals surface area contributed by atoms with Crippen molar-refractivity contribution in [3.63, 3.8) is 0 Å². The molecule has 3 N–H and O–H groups in total. The number of nitrogens with two attached hydrogens (primary N) is 1. The number of benzene rings is 1. The summed E-state index contributed by atoms with van der Waals surface area (Å²) in [5.74, 6) is -0.171. The predicted molar refractivity (Wildman–Crippen MR) is 80.9 cm³/mol. The van der Waals surface area contributed by atoms with Crippen LogP contribution in [0.25, 0.3) is 0 Å². The molecule has 20 heavy (non-hydrogen) atoms. The van der Waals surface area contributed by atoms with Crippen LogP contribution in [0.1, 0.15) is 40.0 Å². The summed E-state index contributed by atoms with van der Waals surface area (Å²) in [4.78, 5) is 11.9. The fourth-order valence-corrected chi connectivity index (χ4v) is 2.29. The molecule has 0 aromatic heterocycles. The SMILES string of the molecule is CC(C)(C)C(CCN)CCC(=O)Nc1ccccc1F. The van der Waals surface area contributed by atoms with E-state index < -0.39 is 5.82 Å². The molecule has 0 spiro atoms. The summed E-state index contributed by atoms with van der Waals surface area (Å²) in [5, 5.41) is 2.61. The first-order chi connectivity index (χ1) is 9.34. The lowest BCUT2D eigenvalue weighted by Gasteiger charge is -2.30. The lowest BCUT2D eigenvalue weighted by atomic mass is 9.76. The number of hydrogen-bond acceptors (Lipinski definition) is 2. The van der Waals surface area contributed by atoms with Crippen LogP contribution in [-0.4, -0.2) is 12.5 Å². The Bertz CT molecular complexity index is 440. The second-order valence-corrected chi connectivity index (χ2v) is 6.21. The van der Waals surface area contributed by atoms with Crippen LogP contribution in [0.4, 0.5) is 10.1 Å². The van der Waals surface area contributed by atoms with Gasteiger partial charge < -0.3 is 11.1 Å². The highest BCUT2D eigenvalue weighted by atomic mass is 19.1. The van der Waals surface area contributed by atoms with Crippen molar-refractivity contribution in [2.24, 2.45) is 17.1 Å². The van der Waals surface area contributed by atoms with Gasteiger partial charge in [0.1, 0.15) is 5.82 Å². The Morgan fingerprint density at radius 3 is 2.50 bits per heavy atom. The Balaban J connectivity index is 2.52. The van der Waals surface area contributed by atoms with Gasteiger partial charge in [-0.05, 0) is 42.9 Å². The van der Waals surface area contributed by atoms with E-state index >= 15 is 0 Å². The molecular formula is C16H25FN2O. The van der Waals surface area contributed by atoms with E-state index in [0.717, 1.165) is 12.8 Å². The van der Waals surface area contributed by atoms with Gasteiger partial charge in [-0.3, -0.25) is 4.79 Å². The van der Waals surface area contributed by atoms with Crippen LogP contribution in [0.5, 0.6) is 0 Å². The molecule has 1 aromatic carbocycles. The molecule has 1 amide bonds. The second-order valence-electron chi connectivity index (χ2n) is 6.21. The summed E-state index contributed by atoms with van der Waals surface area (Å²) >= 11 is 0. The normalized spacial score (nSPS) is 13.1. The van der Waals surface area contributed by atoms with Gasteiger partial charge in [-0.1, -0.05) is 32.9 Å². The quantitative estimate of drug-likeness (QED) is 0.837. The summed E-state index contributed by atoms with van der Waals surface area (Å²) in [6.45, 7) is 7.09. The second kappa shape index (κ2) is 7.39. The number of carbonyl (C=O) groups is 1. The number of nitrogens with one attached hydrogen (secondary N) is 1. The molecule has 0 aliphatic carbocycles. The average molecular weight is 280 g/mol. The molecule has 0 heterocycles. The highest BCUT2D eigenvalue weighted by Crippen LogP contribution is 2.32. The zero-order valence-electron chi connectivity index (χ0n) is 12.6. The number of anilines is 1. The van der Waals surface area contributed by atoms with Crippen LogP contribution in [0.3, 0.4) is 0 Å². The smallest absolute Gasteiger partial charge is 0.224 e. The number of carbonyl (C=O) groups excluding carboxylic acids is 1. The predicted octanol–water partition coefficient (Wildman–Crippen LogP) is 3.56. The van der Waals surface area contributed by atoms with Crippen LogP contribution in [0.15, 0.2) is 24.3 Å². The maximum atomic E-state index is 13.4. The van der Waals surface area contributed by atoms with E-state index in [9.17, 15) is 9.18 Å². The molecular weight excluding hydrogens is 255 g/mol. The van der Waals surface area contributed by atoms with Crippen molar-refractivity contribution in [2.75, 3.05) is 11.9 Å². The van der Waals surface area contributed by atoms with Gasteiger partial charge in [-0.2, -0.15) is 0 Å². The van der Waals surface area contributed by atoms with Crippen molar-refractivity contribution in [3.05, 3.63) is 30.1 Å². The lowest BCUT2D eigenvalue weighted by molar-refractivity contribution is -0.116. The van der Waals surface area contributed by atoms with Gasteiger partial charge in [-0.15, -0.1) is 0 Å². The van der Waals surface area contributed by atoms with E-state index in [1.807, 2.05) is 0 Å². The Labute approximate surface area is 120 Å². The summed E-state index contributed by atoms with van der Waals surface area (Å²) in [5.41, 5.74) is 5.99. The maximum absolute atomic E-state index is 13.4. The molecule has 0 aliphatic rings. The first kappa shape index (κ1) is 16.6. The molecule has 0 radical (unpaired) electrons. The van der Waals surface area contributed by atoms with E-state index in [2.05, 4.69) is 26.1 Å². The van der Waals surface area contributed by atoms with E-state index in [1.54, 1.807) is 18.2 Å². The molecule has 3 nitrogen and oxygen atoms in total. The summed E-state index contributed by atoms with van der Waals surface area (Å²) in [6, 6.07) is 6.20. The molecule has 1 rings (SSSR count). The number of rotatable bonds is 6. The molecule has 0 fully saturated rings. The molecule has 0 saturated carbocycles. The van der Waals surface area contributed by atoms with Crippen molar-refractivity contribution in [3.8, 4) is 0 Å². The fraction of sp³-hybridized carbons (Fsp3) is 0.562. The number of amides is 1. The third-order valence-electron chi connectivity index (χ3n) is 3.61. The van der Waals surface area contributed by atoms with Crippen LogP contribution >= 0.6 is 0 Å². The highest BCUT2D eigenvalue weighted by Gasteiger charge is 2.24. The van der Waals surface area contributed by atoms with E-state index in [1.165, 1.54) is 6.07 Å². The van der Waals surface area contributed by atoms with Gasteiger partial charge in [0.25, 0.3) is 0 Å². The zero-order valence-corrected chi connectivity index (χ0v) is 12.6. The third kappa shape index (κ3) is 5.29. The molecule has 1 unspecified atom stereocenters. The van der Waals surface area contributed by atoms with Gasteiger partial charge in [0.05, 0.1) is 5.69 Å². The van der Waals surface area contributed by atoms with Crippen molar-refractivity contribution in [1.82, 2.24) is 0 Å². The highest BCUT2D eigenvalue weighted by molar-refractivity contribution is 5.90. The molecule has 1 aromatic rings. The largest absolute Gasteiger partial charge is 0.330 e. The zero-order chi connectivity index (χ0) is 15.2. The van der Waals surface area contributed by atoms with Crippen LogP contribution in [0, 0.1) is 17.2 Å². The monoisotopic (exact) mass is 280 g/mol. The minimum absolute atomic E-state index is 0.123. The van der Waals surface area contributed by atoms with E-state index in [4.69, 9.17) is 5.73 Å². The van der Waals surface area contributed by atoms with Gasteiger partial charge >= 0.3 is 0 Å². The third-order valence-corrected chi connectivity index (χ3v) is 3.61. The van der Waals surface area contributed by atoms with Crippen molar-refractivity contribution >= 4 is 11.6 Å². The van der Waals surface area contributed by atoms with Gasteiger partial charge in [0.2, 0.25) is 5.91 Å². The Morgan fingerprint density at radius 2 is 1.95 bits per heavy atom. The van der Waals surface area contributed by atoms with Gasteiger partial charge in [0, 0.05) is 6.42 Å². The Morgan fingerprint density at radius 1 is 1.30 bits per heavy atom. The average Bonchev–Trinajstić information content (AvgIpc) is 2.36.